The maximum Gasteiger partial charge on any atom is 0.223 e. The lowest BCUT2D eigenvalue weighted by Gasteiger charge is -2.44. The monoisotopic (exact) mass is 511 g/mol. The Hall–Kier alpha value is -1.11. The van der Waals surface area contributed by atoms with E-state index >= 15 is 0 Å². The summed E-state index contributed by atoms with van der Waals surface area (Å²) in [4.78, 5) is 12.3. The van der Waals surface area contributed by atoms with Crippen molar-refractivity contribution in [2.75, 3.05) is 25.0 Å². The molecule has 33 heavy (non-hydrogen) atoms. The van der Waals surface area contributed by atoms with Crippen molar-refractivity contribution < 1.29 is 0 Å². The van der Waals surface area contributed by atoms with Crippen molar-refractivity contribution in [2.45, 2.75) is 69.9 Å². The molecule has 1 aromatic carbocycles. The molecule has 0 saturated heterocycles. The molecule has 2 heterocycles. The van der Waals surface area contributed by atoms with Gasteiger partial charge in [0.05, 0.1) is 5.69 Å². The van der Waals surface area contributed by atoms with E-state index in [4.69, 9.17) is 27.3 Å². The molecule has 0 amide bonds. The Balaban J connectivity index is 0.00000153. The molecular formula is C25H36Cl3N5. The number of rotatable bonds is 6. The van der Waals surface area contributed by atoms with Gasteiger partial charge in [-0.2, -0.15) is 0 Å². The number of nitrogens with zero attached hydrogens (tertiary/aromatic N) is 3. The second kappa shape index (κ2) is 11.1. The number of aromatic nitrogens is 2. The van der Waals surface area contributed by atoms with Gasteiger partial charge in [-0.05, 0) is 69.1 Å². The molecular weight excluding hydrogens is 477 g/mol. The molecule has 1 aromatic heterocycles. The van der Waals surface area contributed by atoms with Gasteiger partial charge in [0, 0.05) is 60.3 Å². The van der Waals surface area contributed by atoms with Gasteiger partial charge in [-0.1, -0.05) is 23.7 Å². The number of fused-ring (bicyclic) bond motifs is 1. The average Bonchev–Trinajstić information content (AvgIpc) is 3.62. The Morgan fingerprint density at radius 1 is 1.15 bits per heavy atom. The Bertz CT molecular complexity index is 942. The van der Waals surface area contributed by atoms with Gasteiger partial charge in [-0.15, -0.1) is 24.8 Å². The zero-order valence-electron chi connectivity index (χ0n) is 19.4. The lowest BCUT2D eigenvalue weighted by Crippen LogP contribution is -2.47. The molecule has 5 nitrogen and oxygen atoms in total. The van der Waals surface area contributed by atoms with E-state index in [2.05, 4.69) is 35.3 Å². The molecule has 0 radical (unpaired) electrons. The average molecular weight is 513 g/mol. The van der Waals surface area contributed by atoms with Crippen LogP contribution in [0.4, 0.5) is 5.95 Å². The first-order valence-corrected chi connectivity index (χ1v) is 12.2. The first kappa shape index (κ1) is 26.5. The molecule has 0 unspecified atom stereocenters. The largest absolute Gasteiger partial charge is 0.354 e. The van der Waals surface area contributed by atoms with Gasteiger partial charge < -0.3 is 11.1 Å². The molecule has 3 aliphatic rings. The lowest BCUT2D eigenvalue weighted by atomic mass is 9.68. The minimum Gasteiger partial charge on any atom is -0.354 e. The van der Waals surface area contributed by atoms with Crippen LogP contribution in [0.15, 0.2) is 24.3 Å². The third kappa shape index (κ3) is 5.76. The van der Waals surface area contributed by atoms with Crippen LogP contribution >= 0.6 is 36.4 Å². The van der Waals surface area contributed by atoms with Gasteiger partial charge in [0.1, 0.15) is 0 Å². The zero-order chi connectivity index (χ0) is 21.4. The normalized spacial score (nSPS) is 24.9. The number of hydrogen-bond acceptors (Lipinski definition) is 5. The van der Waals surface area contributed by atoms with Crippen LogP contribution in [0.3, 0.4) is 0 Å². The van der Waals surface area contributed by atoms with Gasteiger partial charge in [0.2, 0.25) is 5.95 Å². The number of halogens is 3. The number of nitrogens with two attached hydrogens (primary N) is 1. The molecule has 1 aliphatic heterocycles. The predicted molar refractivity (Wildman–Crippen MR) is 141 cm³/mol. The molecule has 0 bridgehead atoms. The molecule has 3 N–H and O–H groups in total. The topological polar surface area (TPSA) is 67.1 Å². The summed E-state index contributed by atoms with van der Waals surface area (Å²) < 4.78 is 0. The van der Waals surface area contributed by atoms with Crippen molar-refractivity contribution in [2.24, 2.45) is 11.7 Å². The van der Waals surface area contributed by atoms with Crippen LogP contribution in [0.5, 0.6) is 0 Å². The van der Waals surface area contributed by atoms with Crippen LogP contribution in [0.25, 0.3) is 0 Å². The van der Waals surface area contributed by atoms with Crippen molar-refractivity contribution in [3.05, 3.63) is 51.8 Å². The third-order valence-electron chi connectivity index (χ3n) is 7.80. The van der Waals surface area contributed by atoms with Crippen molar-refractivity contribution in [3.63, 3.8) is 0 Å². The van der Waals surface area contributed by atoms with E-state index in [1.54, 1.807) is 0 Å². The number of aryl methyl sites for hydroxylation is 1. The van der Waals surface area contributed by atoms with Crippen LogP contribution in [0, 0.1) is 12.8 Å². The molecule has 2 saturated carbocycles. The van der Waals surface area contributed by atoms with Gasteiger partial charge in [-0.3, -0.25) is 4.90 Å². The first-order valence-electron chi connectivity index (χ1n) is 11.9. The molecule has 0 atom stereocenters. The van der Waals surface area contributed by atoms with E-state index in [1.165, 1.54) is 42.5 Å². The predicted octanol–water partition coefficient (Wildman–Crippen LogP) is 5.30. The molecule has 2 aliphatic carbocycles. The van der Waals surface area contributed by atoms with Gasteiger partial charge in [0.15, 0.2) is 0 Å². The number of benzene rings is 1. The van der Waals surface area contributed by atoms with Crippen molar-refractivity contribution in [1.82, 2.24) is 14.9 Å². The maximum atomic E-state index is 6.31. The summed E-state index contributed by atoms with van der Waals surface area (Å²) in [5.41, 5.74) is 11.4. The lowest BCUT2D eigenvalue weighted by molar-refractivity contribution is 0.112. The SMILES string of the molecule is Cc1nc(NCC2CC2)nc2c1CN(C1CCC(CN)(c3cccc(Cl)c3)CC1)CC2.Cl.Cl. The van der Waals surface area contributed by atoms with Crippen LogP contribution in [-0.2, 0) is 18.4 Å². The van der Waals surface area contributed by atoms with Crippen molar-refractivity contribution in [3.8, 4) is 0 Å². The Morgan fingerprint density at radius 3 is 2.58 bits per heavy atom. The Morgan fingerprint density at radius 2 is 1.91 bits per heavy atom. The Labute approximate surface area is 215 Å². The van der Waals surface area contributed by atoms with Crippen LogP contribution in [0.1, 0.15) is 61.0 Å². The summed E-state index contributed by atoms with van der Waals surface area (Å²) in [6.07, 6.45) is 8.31. The summed E-state index contributed by atoms with van der Waals surface area (Å²) in [5, 5.41) is 4.26. The number of hydrogen-bond donors (Lipinski definition) is 2. The smallest absolute Gasteiger partial charge is 0.223 e. The van der Waals surface area contributed by atoms with Gasteiger partial charge in [-0.25, -0.2) is 9.97 Å². The van der Waals surface area contributed by atoms with Crippen LogP contribution in [0.2, 0.25) is 5.02 Å². The fourth-order valence-corrected chi connectivity index (χ4v) is 5.69. The summed E-state index contributed by atoms with van der Waals surface area (Å²) in [6, 6.07) is 8.93. The maximum absolute atomic E-state index is 6.31. The fourth-order valence-electron chi connectivity index (χ4n) is 5.50. The molecule has 2 fully saturated rings. The summed E-state index contributed by atoms with van der Waals surface area (Å²) >= 11 is 6.28. The van der Waals surface area contributed by atoms with Crippen molar-refractivity contribution in [1.29, 1.82) is 0 Å². The second-order valence-electron chi connectivity index (χ2n) is 9.83. The summed E-state index contributed by atoms with van der Waals surface area (Å²) in [7, 11) is 0. The first-order chi connectivity index (χ1) is 15.1. The third-order valence-corrected chi connectivity index (χ3v) is 8.03. The van der Waals surface area contributed by atoms with E-state index < -0.39 is 0 Å². The fraction of sp³-hybridized carbons (Fsp3) is 0.600. The summed E-state index contributed by atoms with van der Waals surface area (Å²) in [5.74, 6) is 1.65. The second-order valence-corrected chi connectivity index (χ2v) is 10.3. The molecule has 5 rings (SSSR count). The van der Waals surface area contributed by atoms with Gasteiger partial charge in [0.25, 0.3) is 0 Å². The van der Waals surface area contributed by atoms with Gasteiger partial charge >= 0.3 is 0 Å². The zero-order valence-corrected chi connectivity index (χ0v) is 21.7. The number of anilines is 1. The van der Waals surface area contributed by atoms with E-state index in [0.717, 1.165) is 61.5 Å². The minimum atomic E-state index is 0. The molecule has 2 aromatic rings. The van der Waals surface area contributed by atoms with Crippen LogP contribution in [-0.4, -0.2) is 40.5 Å². The standard InChI is InChI=1S/C25H34ClN5.2ClH/c1-17-22-15-31(12-9-23(22)30-24(29-17)28-14-18-5-6-18)21-7-10-25(16-27,11-8-21)19-3-2-4-20(26)13-19;;/h2-4,13,18,21H,5-12,14-16,27H2,1H3,(H,28,29,30);2*1H. The molecule has 8 heteroatoms. The number of nitrogens with one attached hydrogen (secondary N) is 1. The van der Waals surface area contributed by atoms with Crippen molar-refractivity contribution >= 4 is 42.4 Å². The highest BCUT2D eigenvalue weighted by Crippen LogP contribution is 2.41. The van der Waals surface area contributed by atoms with E-state index in [9.17, 15) is 0 Å². The quantitative estimate of drug-likeness (QED) is 0.550. The molecule has 182 valence electrons. The van der Waals surface area contributed by atoms with E-state index in [-0.39, 0.29) is 30.2 Å². The van der Waals surface area contributed by atoms with E-state index in [0.29, 0.717) is 12.6 Å². The highest BCUT2D eigenvalue weighted by Gasteiger charge is 2.38. The summed E-state index contributed by atoms with van der Waals surface area (Å²) in [6.45, 7) is 5.91. The van der Waals surface area contributed by atoms with E-state index in [1.807, 2.05) is 6.07 Å². The Kier molecular flexibility index (Phi) is 8.90. The van der Waals surface area contributed by atoms with Crippen LogP contribution < -0.4 is 11.1 Å². The molecule has 0 spiro atoms. The highest BCUT2D eigenvalue weighted by atomic mass is 35.5. The minimum absolute atomic E-state index is 0. The highest BCUT2D eigenvalue weighted by molar-refractivity contribution is 6.30.